The van der Waals surface area contributed by atoms with Crippen LogP contribution in [0.3, 0.4) is 0 Å². The molecule has 0 aromatic heterocycles. The molecule has 0 aliphatic carbocycles. The molecule has 1 amide bonds. The van der Waals surface area contributed by atoms with E-state index in [-0.39, 0.29) is 17.7 Å². The van der Waals surface area contributed by atoms with Crippen LogP contribution in [0.1, 0.15) is 6.92 Å². The number of nitrogens with one attached hydrogen (secondary N) is 1. The standard InChI is InChI=1S/C11H16N2O2S/c1-9(12)7-16(15)8-11(14)13-10-5-3-2-4-6-10/h2-6,9H,7-8,12H2,1H3,(H,13,14). The molecular weight excluding hydrogens is 224 g/mol. The Hall–Kier alpha value is -1.20. The molecule has 1 rings (SSSR count). The third-order valence-corrected chi connectivity index (χ3v) is 3.28. The lowest BCUT2D eigenvalue weighted by molar-refractivity contribution is -0.113. The summed E-state index contributed by atoms with van der Waals surface area (Å²) in [6, 6.07) is 8.94. The molecule has 0 heterocycles. The highest BCUT2D eigenvalue weighted by Gasteiger charge is 2.09. The Morgan fingerprint density at radius 3 is 2.62 bits per heavy atom. The summed E-state index contributed by atoms with van der Waals surface area (Å²) in [5.41, 5.74) is 6.21. The van der Waals surface area contributed by atoms with Crippen LogP contribution in [-0.2, 0) is 15.6 Å². The molecule has 0 spiro atoms. The molecule has 2 unspecified atom stereocenters. The summed E-state index contributed by atoms with van der Waals surface area (Å²) >= 11 is 0. The van der Waals surface area contributed by atoms with E-state index in [0.717, 1.165) is 0 Å². The molecule has 0 bridgehead atoms. The van der Waals surface area contributed by atoms with Gasteiger partial charge in [-0.15, -0.1) is 0 Å². The van der Waals surface area contributed by atoms with Crippen LogP contribution in [0.4, 0.5) is 5.69 Å². The van der Waals surface area contributed by atoms with Gasteiger partial charge in [0.2, 0.25) is 5.91 Å². The van der Waals surface area contributed by atoms with E-state index in [2.05, 4.69) is 5.32 Å². The third kappa shape index (κ3) is 5.04. The Balaban J connectivity index is 2.39. The minimum atomic E-state index is -1.19. The van der Waals surface area contributed by atoms with Crippen LogP contribution in [-0.4, -0.2) is 27.7 Å². The Kier molecular flexibility index (Phi) is 5.14. The maximum atomic E-state index is 11.5. The number of anilines is 1. The summed E-state index contributed by atoms with van der Waals surface area (Å²) in [7, 11) is -1.19. The highest BCUT2D eigenvalue weighted by atomic mass is 32.2. The number of nitrogens with two attached hydrogens (primary N) is 1. The predicted molar refractivity (Wildman–Crippen MR) is 66.6 cm³/mol. The van der Waals surface area contributed by atoms with Crippen molar-refractivity contribution in [3.05, 3.63) is 30.3 Å². The molecule has 0 aliphatic heterocycles. The number of carbonyl (C=O) groups excluding carboxylic acids is 1. The zero-order chi connectivity index (χ0) is 12.0. The van der Waals surface area contributed by atoms with E-state index in [1.807, 2.05) is 18.2 Å². The van der Waals surface area contributed by atoms with E-state index in [9.17, 15) is 9.00 Å². The fraction of sp³-hybridized carbons (Fsp3) is 0.364. The largest absolute Gasteiger partial charge is 0.327 e. The molecule has 1 aromatic carbocycles. The monoisotopic (exact) mass is 240 g/mol. The van der Waals surface area contributed by atoms with Crippen molar-refractivity contribution in [2.75, 3.05) is 16.8 Å². The fourth-order valence-electron chi connectivity index (χ4n) is 1.22. The van der Waals surface area contributed by atoms with Crippen molar-refractivity contribution in [2.24, 2.45) is 5.73 Å². The SMILES string of the molecule is CC(N)CS(=O)CC(=O)Nc1ccccc1. The lowest BCUT2D eigenvalue weighted by Crippen LogP contribution is -2.28. The number of hydrogen-bond donors (Lipinski definition) is 2. The molecule has 0 saturated carbocycles. The van der Waals surface area contributed by atoms with Gasteiger partial charge in [-0.2, -0.15) is 0 Å². The molecule has 5 heteroatoms. The summed E-state index contributed by atoms with van der Waals surface area (Å²) < 4.78 is 11.4. The minimum absolute atomic E-state index is 0.00354. The first-order chi connectivity index (χ1) is 7.58. The van der Waals surface area contributed by atoms with Crippen molar-refractivity contribution in [2.45, 2.75) is 13.0 Å². The van der Waals surface area contributed by atoms with Gasteiger partial charge < -0.3 is 11.1 Å². The smallest absolute Gasteiger partial charge is 0.236 e. The first-order valence-electron chi connectivity index (χ1n) is 5.03. The molecule has 0 fully saturated rings. The van der Waals surface area contributed by atoms with Crippen LogP contribution in [0, 0.1) is 0 Å². The van der Waals surface area contributed by atoms with Crippen molar-refractivity contribution in [1.29, 1.82) is 0 Å². The Bertz CT molecular complexity index is 366. The summed E-state index contributed by atoms with van der Waals surface area (Å²) in [5.74, 6) is 0.101. The van der Waals surface area contributed by atoms with Gasteiger partial charge >= 0.3 is 0 Å². The van der Waals surface area contributed by atoms with Gasteiger partial charge in [0, 0.05) is 28.3 Å². The van der Waals surface area contributed by atoms with Crippen molar-refractivity contribution in [3.63, 3.8) is 0 Å². The Morgan fingerprint density at radius 1 is 1.44 bits per heavy atom. The molecule has 4 nitrogen and oxygen atoms in total. The first-order valence-corrected chi connectivity index (χ1v) is 6.52. The summed E-state index contributed by atoms with van der Waals surface area (Å²) in [5, 5.41) is 2.67. The Labute approximate surface area is 97.7 Å². The highest BCUT2D eigenvalue weighted by molar-refractivity contribution is 7.85. The van der Waals surface area contributed by atoms with Crippen molar-refractivity contribution in [3.8, 4) is 0 Å². The topological polar surface area (TPSA) is 72.2 Å². The molecule has 2 atom stereocenters. The van der Waals surface area contributed by atoms with Gasteiger partial charge in [0.15, 0.2) is 0 Å². The number of hydrogen-bond acceptors (Lipinski definition) is 3. The number of para-hydroxylation sites is 1. The molecule has 0 aliphatic rings. The van der Waals surface area contributed by atoms with Gasteiger partial charge in [0.25, 0.3) is 0 Å². The van der Waals surface area contributed by atoms with Crippen LogP contribution in [0.15, 0.2) is 30.3 Å². The van der Waals surface area contributed by atoms with Crippen molar-refractivity contribution < 1.29 is 9.00 Å². The van der Waals surface area contributed by atoms with Crippen LogP contribution >= 0.6 is 0 Å². The molecule has 0 saturated heterocycles. The second-order valence-corrected chi connectivity index (χ2v) is 5.14. The second kappa shape index (κ2) is 6.40. The third-order valence-electron chi connectivity index (χ3n) is 1.80. The second-order valence-electron chi connectivity index (χ2n) is 3.64. The zero-order valence-corrected chi connectivity index (χ0v) is 10.00. The molecular formula is C11H16N2O2S. The van der Waals surface area contributed by atoms with Gasteiger partial charge in [-0.1, -0.05) is 18.2 Å². The summed E-state index contributed by atoms with van der Waals surface area (Å²) in [6.45, 7) is 1.77. The quantitative estimate of drug-likeness (QED) is 0.796. The molecule has 3 N–H and O–H groups in total. The molecule has 0 radical (unpaired) electrons. The lowest BCUT2D eigenvalue weighted by atomic mass is 10.3. The molecule has 88 valence electrons. The maximum absolute atomic E-state index is 11.5. The van der Waals surface area contributed by atoms with Crippen LogP contribution in [0.2, 0.25) is 0 Å². The number of benzene rings is 1. The van der Waals surface area contributed by atoms with Gasteiger partial charge in [-0.25, -0.2) is 0 Å². The van der Waals surface area contributed by atoms with E-state index in [0.29, 0.717) is 11.4 Å². The summed E-state index contributed by atoms with van der Waals surface area (Å²) in [4.78, 5) is 11.5. The molecule has 1 aromatic rings. The Morgan fingerprint density at radius 2 is 2.06 bits per heavy atom. The highest BCUT2D eigenvalue weighted by Crippen LogP contribution is 2.04. The van der Waals surface area contributed by atoms with Crippen molar-refractivity contribution in [1.82, 2.24) is 0 Å². The minimum Gasteiger partial charge on any atom is -0.327 e. The lowest BCUT2D eigenvalue weighted by Gasteiger charge is -2.06. The van der Waals surface area contributed by atoms with E-state index in [1.165, 1.54) is 0 Å². The van der Waals surface area contributed by atoms with E-state index < -0.39 is 10.8 Å². The van der Waals surface area contributed by atoms with Crippen LogP contribution in [0.25, 0.3) is 0 Å². The van der Waals surface area contributed by atoms with Gasteiger partial charge in [0.1, 0.15) is 5.75 Å². The normalized spacial score (nSPS) is 14.1. The van der Waals surface area contributed by atoms with Crippen LogP contribution in [0.5, 0.6) is 0 Å². The number of carbonyl (C=O) groups is 1. The average Bonchev–Trinajstić information content (AvgIpc) is 2.17. The number of amides is 1. The molecule has 16 heavy (non-hydrogen) atoms. The van der Waals surface area contributed by atoms with Gasteiger partial charge in [-0.05, 0) is 19.1 Å². The maximum Gasteiger partial charge on any atom is 0.236 e. The fourth-order valence-corrected chi connectivity index (χ4v) is 2.29. The van der Waals surface area contributed by atoms with E-state index in [1.54, 1.807) is 19.1 Å². The van der Waals surface area contributed by atoms with Crippen LogP contribution < -0.4 is 11.1 Å². The van der Waals surface area contributed by atoms with Gasteiger partial charge in [0.05, 0.1) is 0 Å². The van der Waals surface area contributed by atoms with Gasteiger partial charge in [-0.3, -0.25) is 9.00 Å². The first kappa shape index (κ1) is 12.9. The zero-order valence-electron chi connectivity index (χ0n) is 9.18. The van der Waals surface area contributed by atoms with Crippen molar-refractivity contribution >= 4 is 22.4 Å². The van der Waals surface area contributed by atoms with E-state index in [4.69, 9.17) is 5.73 Å². The van der Waals surface area contributed by atoms with E-state index >= 15 is 0 Å². The number of rotatable bonds is 5. The predicted octanol–water partition coefficient (Wildman–Crippen LogP) is 0.721. The average molecular weight is 240 g/mol. The summed E-state index contributed by atoms with van der Waals surface area (Å²) in [6.07, 6.45) is 0.